The van der Waals surface area contributed by atoms with Gasteiger partial charge in [-0.1, -0.05) is 0 Å². The minimum atomic E-state index is 0.663. The Morgan fingerprint density at radius 3 is 2.87 bits per heavy atom. The molecule has 0 bridgehead atoms. The predicted octanol–water partition coefficient (Wildman–Crippen LogP) is 0.281. The summed E-state index contributed by atoms with van der Waals surface area (Å²) in [5.74, 6) is 0. The first kappa shape index (κ1) is 9.92. The van der Waals surface area contributed by atoms with Gasteiger partial charge in [0.1, 0.15) is 0 Å². The van der Waals surface area contributed by atoms with Crippen LogP contribution in [0.25, 0.3) is 0 Å². The number of hydrogen-bond acceptors (Lipinski definition) is 3. The summed E-state index contributed by atoms with van der Waals surface area (Å²) in [5.41, 5.74) is 6.72. The Hall–Kier alpha value is -1.62. The van der Waals surface area contributed by atoms with Gasteiger partial charge in [-0.3, -0.25) is 0 Å². The summed E-state index contributed by atoms with van der Waals surface area (Å²) >= 11 is 0. The fourth-order valence-corrected chi connectivity index (χ4v) is 1.55. The lowest BCUT2D eigenvalue weighted by atomic mass is 10.3. The van der Waals surface area contributed by atoms with Crippen LogP contribution in [0, 0.1) is 0 Å². The molecule has 0 atom stereocenters. The summed E-state index contributed by atoms with van der Waals surface area (Å²) in [5, 5.41) is 0. The molecule has 80 valence electrons. The maximum absolute atomic E-state index is 5.52. The van der Waals surface area contributed by atoms with E-state index in [-0.39, 0.29) is 0 Å². The molecule has 0 aliphatic carbocycles. The highest BCUT2D eigenvalue weighted by atomic mass is 15.1. The van der Waals surface area contributed by atoms with E-state index in [0.717, 1.165) is 19.5 Å². The average Bonchev–Trinajstić information content (AvgIpc) is 2.85. The second-order valence-electron chi connectivity index (χ2n) is 3.42. The molecule has 2 N–H and O–H groups in total. The van der Waals surface area contributed by atoms with E-state index in [2.05, 4.69) is 14.5 Å². The van der Waals surface area contributed by atoms with Gasteiger partial charge < -0.3 is 14.9 Å². The summed E-state index contributed by atoms with van der Waals surface area (Å²) in [6.07, 6.45) is 10.2. The van der Waals surface area contributed by atoms with Crippen LogP contribution >= 0.6 is 0 Å². The van der Waals surface area contributed by atoms with Gasteiger partial charge in [-0.2, -0.15) is 0 Å². The molecule has 0 aliphatic heterocycles. The number of nitrogens with two attached hydrogens (primary N) is 1. The van der Waals surface area contributed by atoms with Gasteiger partial charge in [0.05, 0.1) is 12.7 Å². The number of nitrogens with zero attached hydrogens (tertiary/aromatic N) is 4. The molecule has 0 amide bonds. The summed E-state index contributed by atoms with van der Waals surface area (Å²) in [4.78, 5) is 8.12. The zero-order valence-electron chi connectivity index (χ0n) is 8.58. The fourth-order valence-electron chi connectivity index (χ4n) is 1.55. The van der Waals surface area contributed by atoms with Gasteiger partial charge in [0, 0.05) is 43.8 Å². The molecule has 5 heteroatoms. The molecule has 0 saturated heterocycles. The number of imidazole rings is 2. The van der Waals surface area contributed by atoms with E-state index in [4.69, 9.17) is 5.73 Å². The summed E-state index contributed by atoms with van der Waals surface area (Å²) < 4.78 is 4.18. The summed E-state index contributed by atoms with van der Waals surface area (Å²) in [6.45, 7) is 2.48. The minimum absolute atomic E-state index is 0.663. The normalized spacial score (nSPS) is 10.7. The van der Waals surface area contributed by atoms with Crippen molar-refractivity contribution in [3.05, 3.63) is 36.9 Å². The van der Waals surface area contributed by atoms with Gasteiger partial charge in [0.25, 0.3) is 0 Å². The Balaban J connectivity index is 1.95. The number of aryl methyl sites for hydroxylation is 2. The van der Waals surface area contributed by atoms with Gasteiger partial charge in [-0.15, -0.1) is 0 Å². The SMILES string of the molecule is NCCc1cncn1CCn1ccnc1. The van der Waals surface area contributed by atoms with E-state index >= 15 is 0 Å². The highest BCUT2D eigenvalue weighted by molar-refractivity contribution is 4.98. The van der Waals surface area contributed by atoms with Crippen molar-refractivity contribution in [2.45, 2.75) is 19.5 Å². The van der Waals surface area contributed by atoms with Gasteiger partial charge >= 0.3 is 0 Å². The van der Waals surface area contributed by atoms with Crippen LogP contribution in [0.1, 0.15) is 5.69 Å². The fraction of sp³-hybridized carbons (Fsp3) is 0.400. The third kappa shape index (κ3) is 2.44. The standard InChI is InChI=1S/C10H15N5/c11-2-1-10-7-13-9-15(10)6-5-14-4-3-12-8-14/h3-4,7-9H,1-2,5-6,11H2. The molecule has 0 unspecified atom stereocenters. The maximum Gasteiger partial charge on any atom is 0.0948 e. The molecule has 2 aromatic heterocycles. The van der Waals surface area contributed by atoms with Crippen LogP contribution in [0.5, 0.6) is 0 Å². The number of hydrogen-bond donors (Lipinski definition) is 1. The molecule has 0 saturated carbocycles. The van der Waals surface area contributed by atoms with E-state index in [9.17, 15) is 0 Å². The molecule has 15 heavy (non-hydrogen) atoms. The van der Waals surface area contributed by atoms with Crippen LogP contribution in [0.3, 0.4) is 0 Å². The Labute approximate surface area is 88.6 Å². The van der Waals surface area contributed by atoms with Crippen molar-refractivity contribution in [3.8, 4) is 0 Å². The maximum atomic E-state index is 5.52. The van der Waals surface area contributed by atoms with E-state index in [1.54, 1.807) is 6.20 Å². The first-order valence-electron chi connectivity index (χ1n) is 5.05. The van der Waals surface area contributed by atoms with Crippen LogP contribution in [-0.4, -0.2) is 25.6 Å². The second kappa shape index (κ2) is 4.75. The Morgan fingerprint density at radius 1 is 1.20 bits per heavy atom. The van der Waals surface area contributed by atoms with E-state index < -0.39 is 0 Å². The highest BCUT2D eigenvalue weighted by Crippen LogP contribution is 2.00. The lowest BCUT2D eigenvalue weighted by Gasteiger charge is -2.07. The minimum Gasteiger partial charge on any atom is -0.336 e. The Bertz CT molecular complexity index is 390. The molecular formula is C10H15N5. The van der Waals surface area contributed by atoms with Gasteiger partial charge in [-0.05, 0) is 6.54 Å². The Morgan fingerprint density at radius 2 is 2.13 bits per heavy atom. The summed E-state index contributed by atoms with van der Waals surface area (Å²) in [7, 11) is 0. The van der Waals surface area contributed by atoms with Crippen LogP contribution in [0.2, 0.25) is 0 Å². The topological polar surface area (TPSA) is 61.7 Å². The quantitative estimate of drug-likeness (QED) is 0.762. The highest BCUT2D eigenvalue weighted by Gasteiger charge is 2.00. The largest absolute Gasteiger partial charge is 0.336 e. The molecule has 0 radical (unpaired) electrons. The monoisotopic (exact) mass is 205 g/mol. The van der Waals surface area contributed by atoms with Crippen LogP contribution in [0.4, 0.5) is 0 Å². The molecule has 5 nitrogen and oxygen atoms in total. The zero-order valence-corrected chi connectivity index (χ0v) is 8.58. The van der Waals surface area contributed by atoms with Crippen molar-refractivity contribution in [1.82, 2.24) is 19.1 Å². The van der Waals surface area contributed by atoms with Crippen molar-refractivity contribution in [1.29, 1.82) is 0 Å². The molecular weight excluding hydrogens is 190 g/mol. The van der Waals surface area contributed by atoms with E-state index in [1.807, 2.05) is 29.6 Å². The van der Waals surface area contributed by atoms with Crippen LogP contribution in [0.15, 0.2) is 31.2 Å². The van der Waals surface area contributed by atoms with Crippen molar-refractivity contribution in [2.75, 3.05) is 6.54 Å². The molecule has 0 spiro atoms. The first-order valence-corrected chi connectivity index (χ1v) is 5.05. The molecule has 0 fully saturated rings. The molecule has 2 aromatic rings. The molecule has 2 heterocycles. The predicted molar refractivity (Wildman–Crippen MR) is 57.2 cm³/mol. The molecule has 2 rings (SSSR count). The van der Waals surface area contributed by atoms with Crippen molar-refractivity contribution < 1.29 is 0 Å². The third-order valence-electron chi connectivity index (χ3n) is 2.36. The first-order chi connectivity index (χ1) is 7.40. The molecule has 0 aliphatic rings. The lowest BCUT2D eigenvalue weighted by molar-refractivity contribution is 0.562. The second-order valence-corrected chi connectivity index (χ2v) is 3.42. The zero-order chi connectivity index (χ0) is 10.5. The van der Waals surface area contributed by atoms with Gasteiger partial charge in [0.15, 0.2) is 0 Å². The van der Waals surface area contributed by atoms with Gasteiger partial charge in [-0.25, -0.2) is 9.97 Å². The van der Waals surface area contributed by atoms with Crippen LogP contribution in [-0.2, 0) is 19.5 Å². The Kier molecular flexibility index (Phi) is 3.14. The third-order valence-corrected chi connectivity index (χ3v) is 2.36. The van der Waals surface area contributed by atoms with Crippen molar-refractivity contribution in [3.63, 3.8) is 0 Å². The molecule has 0 aromatic carbocycles. The lowest BCUT2D eigenvalue weighted by Crippen LogP contribution is -2.11. The van der Waals surface area contributed by atoms with Crippen LogP contribution < -0.4 is 5.73 Å². The van der Waals surface area contributed by atoms with E-state index in [1.165, 1.54) is 5.69 Å². The van der Waals surface area contributed by atoms with Gasteiger partial charge in [0.2, 0.25) is 0 Å². The number of aromatic nitrogens is 4. The van der Waals surface area contributed by atoms with Crippen molar-refractivity contribution >= 4 is 0 Å². The van der Waals surface area contributed by atoms with Crippen molar-refractivity contribution in [2.24, 2.45) is 5.73 Å². The average molecular weight is 205 g/mol. The number of rotatable bonds is 5. The van der Waals surface area contributed by atoms with E-state index in [0.29, 0.717) is 6.54 Å². The summed E-state index contributed by atoms with van der Waals surface area (Å²) in [6, 6.07) is 0. The smallest absolute Gasteiger partial charge is 0.0948 e.